The summed E-state index contributed by atoms with van der Waals surface area (Å²) in [7, 11) is 0. The molecule has 4 heteroatoms. The Balaban J connectivity index is 2.20. The van der Waals surface area contributed by atoms with Crippen LogP contribution in [0.25, 0.3) is 0 Å². The van der Waals surface area contributed by atoms with Gasteiger partial charge >= 0.3 is 5.97 Å². The lowest BCUT2D eigenvalue weighted by Crippen LogP contribution is -2.27. The summed E-state index contributed by atoms with van der Waals surface area (Å²) < 4.78 is 0. The van der Waals surface area contributed by atoms with Crippen molar-refractivity contribution in [3.8, 4) is 0 Å². The van der Waals surface area contributed by atoms with Crippen LogP contribution in [0, 0.1) is 12.8 Å². The van der Waals surface area contributed by atoms with E-state index in [1.807, 2.05) is 19.1 Å². The number of rotatable bonds is 4. The minimum Gasteiger partial charge on any atom is -0.478 e. The number of carboxylic acid groups (broad SMARTS) is 1. The molecule has 0 aliphatic heterocycles. The molecule has 1 aromatic carbocycles. The molecule has 0 saturated heterocycles. The number of aliphatic hydroxyl groups is 1. The van der Waals surface area contributed by atoms with E-state index >= 15 is 0 Å². The van der Waals surface area contributed by atoms with Gasteiger partial charge in [-0.25, -0.2) is 4.79 Å². The average Bonchev–Trinajstić information content (AvgIpc) is 2.78. The molecule has 0 radical (unpaired) electrons. The van der Waals surface area contributed by atoms with Crippen LogP contribution >= 0.6 is 0 Å². The number of carbonyl (C=O) groups is 1. The third-order valence-corrected chi connectivity index (χ3v) is 3.64. The van der Waals surface area contributed by atoms with Crippen molar-refractivity contribution in [3.05, 3.63) is 29.3 Å². The zero-order valence-electron chi connectivity index (χ0n) is 10.5. The molecule has 2 unspecified atom stereocenters. The number of hydrogen-bond acceptors (Lipinski definition) is 3. The molecule has 1 aromatic rings. The van der Waals surface area contributed by atoms with Gasteiger partial charge in [-0.05, 0) is 31.9 Å². The molecule has 0 amide bonds. The first-order chi connectivity index (χ1) is 8.61. The Hall–Kier alpha value is -1.55. The van der Waals surface area contributed by atoms with Gasteiger partial charge in [-0.3, -0.25) is 0 Å². The van der Waals surface area contributed by atoms with Gasteiger partial charge in [0.15, 0.2) is 0 Å². The van der Waals surface area contributed by atoms with Crippen molar-refractivity contribution in [2.24, 2.45) is 5.92 Å². The quantitative estimate of drug-likeness (QED) is 0.765. The van der Waals surface area contributed by atoms with E-state index in [2.05, 4.69) is 5.32 Å². The number of hydrogen-bond donors (Lipinski definition) is 3. The minimum absolute atomic E-state index is 0.159. The van der Waals surface area contributed by atoms with E-state index in [0.717, 1.165) is 24.8 Å². The molecule has 0 heterocycles. The smallest absolute Gasteiger partial charge is 0.337 e. The van der Waals surface area contributed by atoms with Crippen molar-refractivity contribution < 1.29 is 15.0 Å². The second kappa shape index (κ2) is 5.40. The van der Waals surface area contributed by atoms with E-state index in [-0.39, 0.29) is 18.6 Å². The van der Waals surface area contributed by atoms with Crippen LogP contribution in [-0.2, 0) is 0 Å². The van der Waals surface area contributed by atoms with Crippen LogP contribution < -0.4 is 5.32 Å². The Morgan fingerprint density at radius 1 is 1.44 bits per heavy atom. The highest BCUT2D eigenvalue weighted by molar-refractivity contribution is 5.94. The summed E-state index contributed by atoms with van der Waals surface area (Å²) in [6.45, 7) is 2.04. The van der Waals surface area contributed by atoms with Gasteiger partial charge in [0.1, 0.15) is 0 Å². The molecule has 2 rings (SSSR count). The highest BCUT2D eigenvalue weighted by Crippen LogP contribution is 2.29. The Kier molecular flexibility index (Phi) is 3.87. The monoisotopic (exact) mass is 249 g/mol. The minimum atomic E-state index is -0.917. The molecule has 1 aliphatic rings. The topological polar surface area (TPSA) is 69.6 Å². The van der Waals surface area contributed by atoms with Crippen LogP contribution in [0.3, 0.4) is 0 Å². The number of nitrogens with one attached hydrogen (secondary N) is 1. The lowest BCUT2D eigenvalue weighted by molar-refractivity contribution is 0.0697. The van der Waals surface area contributed by atoms with Crippen molar-refractivity contribution in [2.75, 3.05) is 11.9 Å². The lowest BCUT2D eigenvalue weighted by atomic mass is 10.0. The fourth-order valence-corrected chi connectivity index (χ4v) is 2.61. The maximum Gasteiger partial charge on any atom is 0.337 e. The molecule has 0 aromatic heterocycles. The van der Waals surface area contributed by atoms with Crippen LogP contribution in [-0.4, -0.2) is 28.8 Å². The number of anilines is 1. The SMILES string of the molecule is Cc1ccc(NC2CCCC2CO)c(C(=O)O)c1. The number of aliphatic hydroxyl groups excluding tert-OH is 1. The first-order valence-corrected chi connectivity index (χ1v) is 6.33. The van der Waals surface area contributed by atoms with Gasteiger partial charge in [0.05, 0.1) is 5.56 Å². The van der Waals surface area contributed by atoms with E-state index in [9.17, 15) is 15.0 Å². The molecule has 1 fully saturated rings. The highest BCUT2D eigenvalue weighted by atomic mass is 16.4. The fraction of sp³-hybridized carbons (Fsp3) is 0.500. The normalized spacial score (nSPS) is 23.0. The van der Waals surface area contributed by atoms with Crippen LogP contribution in [0.5, 0.6) is 0 Å². The predicted molar refractivity (Wildman–Crippen MR) is 70.0 cm³/mol. The maximum absolute atomic E-state index is 11.2. The van der Waals surface area contributed by atoms with Crippen LogP contribution in [0.4, 0.5) is 5.69 Å². The number of aromatic carboxylic acids is 1. The molecule has 1 aliphatic carbocycles. The molecule has 3 N–H and O–H groups in total. The Labute approximate surface area is 107 Å². The first-order valence-electron chi connectivity index (χ1n) is 6.33. The summed E-state index contributed by atoms with van der Waals surface area (Å²) in [5, 5.41) is 21.8. The second-order valence-corrected chi connectivity index (χ2v) is 4.98. The molecule has 98 valence electrons. The molecular formula is C14H19NO3. The van der Waals surface area contributed by atoms with E-state index < -0.39 is 5.97 Å². The van der Waals surface area contributed by atoms with Gasteiger partial charge in [-0.1, -0.05) is 18.1 Å². The molecule has 18 heavy (non-hydrogen) atoms. The molecule has 1 saturated carbocycles. The number of carboxylic acids is 1. The van der Waals surface area contributed by atoms with Gasteiger partial charge < -0.3 is 15.5 Å². The van der Waals surface area contributed by atoms with E-state index in [0.29, 0.717) is 11.3 Å². The molecule has 2 atom stereocenters. The van der Waals surface area contributed by atoms with Crippen LogP contribution in [0.15, 0.2) is 18.2 Å². The van der Waals surface area contributed by atoms with Gasteiger partial charge in [-0.2, -0.15) is 0 Å². The zero-order chi connectivity index (χ0) is 13.1. The summed E-state index contributed by atoms with van der Waals surface area (Å²) in [5.74, 6) is -0.687. The van der Waals surface area contributed by atoms with Crippen molar-refractivity contribution in [3.63, 3.8) is 0 Å². The molecular weight excluding hydrogens is 230 g/mol. The van der Waals surface area contributed by atoms with Crippen LogP contribution in [0.1, 0.15) is 35.2 Å². The van der Waals surface area contributed by atoms with E-state index in [1.54, 1.807) is 6.07 Å². The summed E-state index contributed by atoms with van der Waals surface area (Å²) in [6.07, 6.45) is 3.07. The Bertz CT molecular complexity index is 445. The Morgan fingerprint density at radius 3 is 2.89 bits per heavy atom. The van der Waals surface area contributed by atoms with Crippen molar-refractivity contribution in [1.82, 2.24) is 0 Å². The van der Waals surface area contributed by atoms with Crippen molar-refractivity contribution in [2.45, 2.75) is 32.2 Å². The lowest BCUT2D eigenvalue weighted by Gasteiger charge is -2.21. The fourth-order valence-electron chi connectivity index (χ4n) is 2.61. The van der Waals surface area contributed by atoms with Crippen molar-refractivity contribution in [1.29, 1.82) is 0 Å². The van der Waals surface area contributed by atoms with E-state index in [4.69, 9.17) is 0 Å². The Morgan fingerprint density at radius 2 is 2.22 bits per heavy atom. The largest absolute Gasteiger partial charge is 0.478 e. The van der Waals surface area contributed by atoms with E-state index in [1.165, 1.54) is 0 Å². The van der Waals surface area contributed by atoms with Gasteiger partial charge in [0.25, 0.3) is 0 Å². The highest BCUT2D eigenvalue weighted by Gasteiger charge is 2.27. The average molecular weight is 249 g/mol. The molecule has 0 spiro atoms. The summed E-state index contributed by atoms with van der Waals surface area (Å²) in [5.41, 5.74) is 1.89. The second-order valence-electron chi connectivity index (χ2n) is 4.98. The van der Waals surface area contributed by atoms with Gasteiger partial charge in [0.2, 0.25) is 0 Å². The summed E-state index contributed by atoms with van der Waals surface area (Å²) >= 11 is 0. The van der Waals surface area contributed by atoms with Crippen molar-refractivity contribution >= 4 is 11.7 Å². The van der Waals surface area contributed by atoms with Crippen LogP contribution in [0.2, 0.25) is 0 Å². The van der Waals surface area contributed by atoms with Gasteiger partial charge in [-0.15, -0.1) is 0 Å². The predicted octanol–water partition coefficient (Wildman–Crippen LogP) is 2.27. The molecule has 4 nitrogen and oxygen atoms in total. The third kappa shape index (κ3) is 2.64. The summed E-state index contributed by atoms with van der Waals surface area (Å²) in [6, 6.07) is 5.56. The first kappa shape index (κ1) is 12.9. The van der Waals surface area contributed by atoms with Gasteiger partial charge in [0, 0.05) is 24.3 Å². The number of benzene rings is 1. The molecule has 0 bridgehead atoms. The third-order valence-electron chi connectivity index (χ3n) is 3.64. The summed E-state index contributed by atoms with van der Waals surface area (Å²) in [4.78, 5) is 11.2. The maximum atomic E-state index is 11.2. The standard InChI is InChI=1S/C14H19NO3/c1-9-5-6-13(11(7-9)14(17)18)15-12-4-2-3-10(12)8-16/h5-7,10,12,15-16H,2-4,8H2,1H3,(H,17,18). The number of aryl methyl sites for hydroxylation is 1. The zero-order valence-corrected chi connectivity index (χ0v) is 10.5.